The number of hydrogen-bond donors (Lipinski definition) is 1. The van der Waals surface area contributed by atoms with Gasteiger partial charge in [0.25, 0.3) is 5.91 Å². The van der Waals surface area contributed by atoms with Crippen molar-refractivity contribution in [3.8, 4) is 0 Å². The number of halogens is 3. The van der Waals surface area contributed by atoms with Gasteiger partial charge in [0.05, 0.1) is 5.02 Å². The molecule has 3 nitrogen and oxygen atoms in total. The van der Waals surface area contributed by atoms with Gasteiger partial charge in [-0.1, -0.05) is 11.6 Å². The van der Waals surface area contributed by atoms with Gasteiger partial charge in [-0.25, -0.2) is 4.39 Å². The summed E-state index contributed by atoms with van der Waals surface area (Å²) >= 11 is 5.69. The molecule has 0 radical (unpaired) electrons. The third-order valence-corrected chi connectivity index (χ3v) is 3.52. The molecule has 1 fully saturated rings. The van der Waals surface area contributed by atoms with Crippen molar-refractivity contribution in [2.45, 2.75) is 6.42 Å². The zero-order chi connectivity index (χ0) is 13.1. The van der Waals surface area contributed by atoms with Crippen LogP contribution in [-0.2, 0) is 0 Å². The lowest BCUT2D eigenvalue weighted by atomic mass is 10.1. The monoisotopic (exact) mass is 306 g/mol. The molecule has 1 aliphatic heterocycles. The summed E-state index contributed by atoms with van der Waals surface area (Å²) in [6, 6.07) is 4.11. The number of rotatable bonds is 3. The van der Waals surface area contributed by atoms with E-state index in [1.54, 1.807) is 4.90 Å². The number of nitrogens with one attached hydrogen (secondary N) is 1. The zero-order valence-corrected chi connectivity index (χ0v) is 12.2. The fourth-order valence-electron chi connectivity index (χ4n) is 2.28. The summed E-state index contributed by atoms with van der Waals surface area (Å²) in [5.41, 5.74) is 0.450. The minimum atomic E-state index is -0.498. The predicted molar refractivity (Wildman–Crippen MR) is 76.6 cm³/mol. The van der Waals surface area contributed by atoms with Crippen molar-refractivity contribution < 1.29 is 9.18 Å². The van der Waals surface area contributed by atoms with Crippen LogP contribution >= 0.6 is 24.0 Å². The lowest BCUT2D eigenvalue weighted by Gasteiger charge is -2.16. The van der Waals surface area contributed by atoms with Crippen molar-refractivity contribution >= 4 is 29.9 Å². The second-order valence-electron chi connectivity index (χ2n) is 4.59. The van der Waals surface area contributed by atoms with E-state index < -0.39 is 5.82 Å². The molecule has 1 aliphatic rings. The van der Waals surface area contributed by atoms with Crippen LogP contribution in [0.4, 0.5) is 4.39 Å². The van der Waals surface area contributed by atoms with Crippen LogP contribution in [0.1, 0.15) is 16.8 Å². The average molecular weight is 307 g/mol. The van der Waals surface area contributed by atoms with Gasteiger partial charge >= 0.3 is 0 Å². The van der Waals surface area contributed by atoms with Crippen LogP contribution < -0.4 is 5.32 Å². The van der Waals surface area contributed by atoms with E-state index in [-0.39, 0.29) is 23.3 Å². The summed E-state index contributed by atoms with van der Waals surface area (Å²) in [5.74, 6) is -0.0759. The van der Waals surface area contributed by atoms with Gasteiger partial charge in [0, 0.05) is 18.7 Å². The summed E-state index contributed by atoms with van der Waals surface area (Å²) in [7, 11) is 1.91. The normalized spacial score (nSPS) is 18.3. The van der Waals surface area contributed by atoms with Crippen LogP contribution in [0.3, 0.4) is 0 Å². The third-order valence-electron chi connectivity index (χ3n) is 3.23. The Kier molecular flexibility index (Phi) is 6.04. The second kappa shape index (κ2) is 7.08. The second-order valence-corrected chi connectivity index (χ2v) is 5.00. The summed E-state index contributed by atoms with van der Waals surface area (Å²) in [4.78, 5) is 14.0. The summed E-state index contributed by atoms with van der Waals surface area (Å²) in [6.45, 7) is 2.41. The highest BCUT2D eigenvalue weighted by atomic mass is 35.5. The highest BCUT2D eigenvalue weighted by Crippen LogP contribution is 2.21. The molecule has 1 aromatic carbocycles. The smallest absolute Gasteiger partial charge is 0.253 e. The van der Waals surface area contributed by atoms with Gasteiger partial charge in [-0.3, -0.25) is 4.79 Å². The molecule has 1 N–H and O–H groups in total. The number of hydrogen-bond acceptors (Lipinski definition) is 2. The van der Waals surface area contributed by atoms with Gasteiger partial charge in [0.1, 0.15) is 5.82 Å². The van der Waals surface area contributed by atoms with E-state index in [1.165, 1.54) is 18.2 Å². The minimum absolute atomic E-state index is 0. The van der Waals surface area contributed by atoms with E-state index in [1.807, 2.05) is 7.05 Å². The molecule has 1 heterocycles. The van der Waals surface area contributed by atoms with Crippen molar-refractivity contribution in [1.29, 1.82) is 0 Å². The van der Waals surface area contributed by atoms with Crippen molar-refractivity contribution in [3.63, 3.8) is 0 Å². The number of amides is 1. The molecule has 1 aromatic rings. The van der Waals surface area contributed by atoms with Crippen molar-refractivity contribution in [3.05, 3.63) is 34.6 Å². The molecule has 1 amide bonds. The van der Waals surface area contributed by atoms with Crippen LogP contribution in [-0.4, -0.2) is 37.5 Å². The van der Waals surface area contributed by atoms with Crippen molar-refractivity contribution in [2.24, 2.45) is 5.92 Å². The minimum Gasteiger partial charge on any atom is -0.338 e. The lowest BCUT2D eigenvalue weighted by molar-refractivity contribution is 0.0787. The molecule has 0 saturated carbocycles. The topological polar surface area (TPSA) is 32.3 Å². The average Bonchev–Trinajstić information content (AvgIpc) is 2.81. The fourth-order valence-corrected chi connectivity index (χ4v) is 2.46. The number of nitrogens with zero attached hydrogens (tertiary/aromatic N) is 1. The Bertz CT molecular complexity index is 456. The first kappa shape index (κ1) is 16.2. The van der Waals surface area contributed by atoms with E-state index in [0.717, 1.165) is 26.1 Å². The summed E-state index contributed by atoms with van der Waals surface area (Å²) < 4.78 is 13.0. The van der Waals surface area contributed by atoms with E-state index in [2.05, 4.69) is 5.32 Å². The SMILES string of the molecule is CNCC1CCN(C(=O)c2ccc(F)c(Cl)c2)C1.Cl. The van der Waals surface area contributed by atoms with E-state index in [9.17, 15) is 9.18 Å². The van der Waals surface area contributed by atoms with E-state index in [0.29, 0.717) is 11.5 Å². The van der Waals surface area contributed by atoms with E-state index >= 15 is 0 Å². The first-order chi connectivity index (χ1) is 8.61. The van der Waals surface area contributed by atoms with Gasteiger partial charge in [0.15, 0.2) is 0 Å². The molecule has 0 aliphatic carbocycles. The first-order valence-electron chi connectivity index (χ1n) is 6.00. The van der Waals surface area contributed by atoms with Crippen LogP contribution in [0.5, 0.6) is 0 Å². The van der Waals surface area contributed by atoms with Gasteiger partial charge in [-0.2, -0.15) is 0 Å². The Morgan fingerprint density at radius 3 is 2.95 bits per heavy atom. The fraction of sp³-hybridized carbons (Fsp3) is 0.462. The molecule has 1 atom stereocenters. The number of likely N-dealkylation sites (tertiary alicyclic amines) is 1. The largest absolute Gasteiger partial charge is 0.338 e. The Morgan fingerprint density at radius 2 is 2.32 bits per heavy atom. The molecule has 106 valence electrons. The standard InChI is InChI=1S/C13H16ClFN2O.ClH/c1-16-7-9-4-5-17(8-9)13(18)10-2-3-12(15)11(14)6-10;/h2-3,6,9,16H,4-5,7-8H2,1H3;1H. The van der Waals surface area contributed by atoms with Gasteiger partial charge < -0.3 is 10.2 Å². The van der Waals surface area contributed by atoms with Crippen LogP contribution in [0, 0.1) is 11.7 Å². The van der Waals surface area contributed by atoms with Crippen molar-refractivity contribution in [2.75, 3.05) is 26.7 Å². The maximum Gasteiger partial charge on any atom is 0.253 e. The Labute approximate surface area is 123 Å². The molecule has 2 rings (SSSR count). The summed E-state index contributed by atoms with van der Waals surface area (Å²) in [5, 5.41) is 3.11. The Hall–Kier alpha value is -0.840. The Morgan fingerprint density at radius 1 is 1.58 bits per heavy atom. The van der Waals surface area contributed by atoms with Gasteiger partial charge in [-0.15, -0.1) is 12.4 Å². The molecule has 0 aromatic heterocycles. The molecule has 1 saturated heterocycles. The highest BCUT2D eigenvalue weighted by molar-refractivity contribution is 6.31. The molecule has 6 heteroatoms. The Balaban J connectivity index is 0.00000180. The number of carbonyl (C=O) groups excluding carboxylic acids is 1. The maximum atomic E-state index is 13.0. The summed E-state index contributed by atoms with van der Waals surface area (Å²) in [6.07, 6.45) is 1.00. The molecule has 19 heavy (non-hydrogen) atoms. The van der Waals surface area contributed by atoms with Crippen LogP contribution in [0.2, 0.25) is 5.02 Å². The van der Waals surface area contributed by atoms with Gasteiger partial charge in [-0.05, 0) is 44.1 Å². The predicted octanol–water partition coefficient (Wildman–Crippen LogP) is 2.58. The van der Waals surface area contributed by atoms with Crippen molar-refractivity contribution in [1.82, 2.24) is 10.2 Å². The molecule has 0 spiro atoms. The molecular weight excluding hydrogens is 290 g/mol. The van der Waals surface area contributed by atoms with Crippen LogP contribution in [0.25, 0.3) is 0 Å². The van der Waals surface area contributed by atoms with Crippen LogP contribution in [0.15, 0.2) is 18.2 Å². The third kappa shape index (κ3) is 3.81. The molecule has 1 unspecified atom stereocenters. The lowest BCUT2D eigenvalue weighted by Crippen LogP contribution is -2.30. The molecular formula is C13H17Cl2FN2O. The first-order valence-corrected chi connectivity index (χ1v) is 6.38. The maximum absolute atomic E-state index is 13.0. The number of carbonyl (C=O) groups is 1. The quantitative estimate of drug-likeness (QED) is 0.931. The number of benzene rings is 1. The molecule has 0 bridgehead atoms. The zero-order valence-electron chi connectivity index (χ0n) is 10.7. The van der Waals surface area contributed by atoms with E-state index in [4.69, 9.17) is 11.6 Å². The highest BCUT2D eigenvalue weighted by Gasteiger charge is 2.26. The van der Waals surface area contributed by atoms with Gasteiger partial charge in [0.2, 0.25) is 0 Å².